The molecule has 1 aromatic heterocycles. The van der Waals surface area contributed by atoms with Gasteiger partial charge in [0.05, 0.1) is 19.3 Å². The SMILES string of the molecule is CCOC(=O)C(C)(C#N)c1ncccc1OCC. The molecule has 18 heavy (non-hydrogen) atoms. The van der Waals surface area contributed by atoms with E-state index in [-0.39, 0.29) is 12.3 Å². The number of carbonyl (C=O) groups excluding carboxylic acids is 1. The first kappa shape index (κ1) is 14.0. The first-order chi connectivity index (χ1) is 8.60. The van der Waals surface area contributed by atoms with E-state index in [2.05, 4.69) is 4.98 Å². The van der Waals surface area contributed by atoms with Crippen LogP contribution in [0.25, 0.3) is 0 Å². The molecule has 0 aliphatic carbocycles. The molecule has 5 heteroatoms. The summed E-state index contributed by atoms with van der Waals surface area (Å²) in [5, 5.41) is 9.28. The van der Waals surface area contributed by atoms with E-state index in [0.717, 1.165) is 0 Å². The largest absolute Gasteiger partial charge is 0.492 e. The van der Waals surface area contributed by atoms with E-state index in [9.17, 15) is 10.1 Å². The van der Waals surface area contributed by atoms with E-state index >= 15 is 0 Å². The summed E-state index contributed by atoms with van der Waals surface area (Å²) in [6, 6.07) is 5.33. The van der Waals surface area contributed by atoms with Crippen molar-refractivity contribution in [2.45, 2.75) is 26.2 Å². The maximum Gasteiger partial charge on any atom is 0.332 e. The Hall–Kier alpha value is -2.09. The molecular weight excluding hydrogens is 232 g/mol. The molecule has 0 amide bonds. The highest BCUT2D eigenvalue weighted by atomic mass is 16.5. The van der Waals surface area contributed by atoms with Crippen molar-refractivity contribution in [3.05, 3.63) is 24.0 Å². The summed E-state index contributed by atoms with van der Waals surface area (Å²) in [6.07, 6.45) is 1.52. The number of carbonyl (C=O) groups is 1. The summed E-state index contributed by atoms with van der Waals surface area (Å²) < 4.78 is 10.3. The van der Waals surface area contributed by atoms with Gasteiger partial charge in [-0.15, -0.1) is 0 Å². The van der Waals surface area contributed by atoms with Crippen molar-refractivity contribution in [2.75, 3.05) is 13.2 Å². The number of rotatable bonds is 5. The molecule has 0 N–H and O–H groups in total. The number of esters is 1. The molecule has 1 unspecified atom stereocenters. The van der Waals surface area contributed by atoms with E-state index in [1.807, 2.05) is 13.0 Å². The van der Waals surface area contributed by atoms with Gasteiger partial charge in [-0.3, -0.25) is 4.98 Å². The average molecular weight is 248 g/mol. The third-order valence-corrected chi connectivity index (χ3v) is 2.45. The molecule has 0 aliphatic heterocycles. The maximum absolute atomic E-state index is 11.9. The van der Waals surface area contributed by atoms with Crippen molar-refractivity contribution in [1.29, 1.82) is 5.26 Å². The Bertz CT molecular complexity index is 468. The summed E-state index contributed by atoms with van der Waals surface area (Å²) in [5.41, 5.74) is -1.17. The number of ether oxygens (including phenoxy) is 2. The number of aromatic nitrogens is 1. The molecule has 0 fully saturated rings. The van der Waals surface area contributed by atoms with E-state index in [1.54, 1.807) is 19.1 Å². The van der Waals surface area contributed by atoms with Crippen molar-refractivity contribution in [3.8, 4) is 11.8 Å². The third-order valence-electron chi connectivity index (χ3n) is 2.45. The van der Waals surface area contributed by atoms with Crippen molar-refractivity contribution >= 4 is 5.97 Å². The van der Waals surface area contributed by atoms with Gasteiger partial charge in [-0.25, -0.2) is 4.79 Å². The standard InChI is InChI=1S/C13H16N2O3/c1-4-17-10-7-6-8-15-11(10)13(3,9-14)12(16)18-5-2/h6-8H,4-5H2,1-3H3. The molecule has 0 aromatic carbocycles. The van der Waals surface area contributed by atoms with Gasteiger partial charge in [0.2, 0.25) is 0 Å². The number of pyridine rings is 1. The topological polar surface area (TPSA) is 72.2 Å². The fourth-order valence-electron chi connectivity index (χ4n) is 1.51. The Labute approximate surface area is 106 Å². The number of nitriles is 1. The fraction of sp³-hybridized carbons (Fsp3) is 0.462. The van der Waals surface area contributed by atoms with Crippen molar-refractivity contribution in [2.24, 2.45) is 0 Å². The molecule has 0 saturated carbocycles. The predicted octanol–water partition coefficient (Wildman–Crippen LogP) is 1.82. The minimum Gasteiger partial charge on any atom is -0.492 e. The van der Waals surface area contributed by atoms with E-state index in [0.29, 0.717) is 12.4 Å². The molecule has 0 aliphatic rings. The van der Waals surface area contributed by atoms with Crippen LogP contribution in [0.15, 0.2) is 18.3 Å². The van der Waals surface area contributed by atoms with Crippen LogP contribution in [-0.4, -0.2) is 24.2 Å². The van der Waals surface area contributed by atoms with Gasteiger partial charge in [0, 0.05) is 6.20 Å². The zero-order chi connectivity index (χ0) is 13.6. The van der Waals surface area contributed by atoms with Crippen molar-refractivity contribution in [3.63, 3.8) is 0 Å². The Morgan fingerprint density at radius 1 is 1.50 bits per heavy atom. The lowest BCUT2D eigenvalue weighted by Gasteiger charge is -2.21. The molecule has 5 nitrogen and oxygen atoms in total. The highest BCUT2D eigenvalue weighted by Crippen LogP contribution is 2.30. The summed E-state index contributed by atoms with van der Waals surface area (Å²) in [5.74, 6) is -0.191. The summed E-state index contributed by atoms with van der Waals surface area (Å²) in [4.78, 5) is 16.0. The molecule has 0 spiro atoms. The Kier molecular flexibility index (Phi) is 4.67. The monoisotopic (exact) mass is 248 g/mol. The number of hydrogen-bond donors (Lipinski definition) is 0. The van der Waals surface area contributed by atoms with Gasteiger partial charge in [-0.1, -0.05) is 0 Å². The lowest BCUT2D eigenvalue weighted by Crippen LogP contribution is -2.34. The summed E-state index contributed by atoms with van der Waals surface area (Å²) in [7, 11) is 0. The Morgan fingerprint density at radius 2 is 2.22 bits per heavy atom. The predicted molar refractivity (Wildman–Crippen MR) is 65.0 cm³/mol. The van der Waals surface area contributed by atoms with Crippen LogP contribution in [0.4, 0.5) is 0 Å². The van der Waals surface area contributed by atoms with Crippen LogP contribution in [-0.2, 0) is 14.9 Å². The van der Waals surface area contributed by atoms with E-state index in [1.165, 1.54) is 13.1 Å². The zero-order valence-electron chi connectivity index (χ0n) is 10.8. The van der Waals surface area contributed by atoms with Gasteiger partial charge in [-0.2, -0.15) is 5.26 Å². The first-order valence-corrected chi connectivity index (χ1v) is 5.76. The lowest BCUT2D eigenvalue weighted by atomic mass is 9.87. The zero-order valence-corrected chi connectivity index (χ0v) is 10.8. The summed E-state index contributed by atoms with van der Waals surface area (Å²) in [6.45, 7) is 5.65. The minimum atomic E-state index is -1.46. The van der Waals surface area contributed by atoms with Crippen LogP contribution in [0.3, 0.4) is 0 Å². The normalized spacial score (nSPS) is 13.2. The van der Waals surface area contributed by atoms with Crippen LogP contribution in [0.1, 0.15) is 26.5 Å². The summed E-state index contributed by atoms with van der Waals surface area (Å²) >= 11 is 0. The van der Waals surface area contributed by atoms with Gasteiger partial charge in [-0.05, 0) is 32.9 Å². The highest BCUT2D eigenvalue weighted by Gasteiger charge is 2.41. The molecule has 1 heterocycles. The second kappa shape index (κ2) is 6.01. The van der Waals surface area contributed by atoms with Crippen LogP contribution in [0.5, 0.6) is 5.75 Å². The fourth-order valence-corrected chi connectivity index (χ4v) is 1.51. The van der Waals surface area contributed by atoms with Crippen molar-refractivity contribution in [1.82, 2.24) is 4.98 Å². The molecule has 1 rings (SSSR count). The highest BCUT2D eigenvalue weighted by molar-refractivity contribution is 5.86. The van der Waals surface area contributed by atoms with E-state index in [4.69, 9.17) is 9.47 Å². The van der Waals surface area contributed by atoms with Gasteiger partial charge in [0.25, 0.3) is 0 Å². The molecule has 0 radical (unpaired) electrons. The molecule has 96 valence electrons. The molecule has 1 atom stereocenters. The molecule has 0 saturated heterocycles. The lowest BCUT2D eigenvalue weighted by molar-refractivity contribution is -0.147. The van der Waals surface area contributed by atoms with Crippen LogP contribution < -0.4 is 4.74 Å². The van der Waals surface area contributed by atoms with Crippen molar-refractivity contribution < 1.29 is 14.3 Å². The second-order valence-corrected chi connectivity index (χ2v) is 3.74. The minimum absolute atomic E-state index is 0.215. The van der Waals surface area contributed by atoms with Gasteiger partial charge in [0.15, 0.2) is 5.41 Å². The van der Waals surface area contributed by atoms with E-state index < -0.39 is 11.4 Å². The van der Waals surface area contributed by atoms with Crippen LogP contribution in [0, 0.1) is 11.3 Å². The van der Waals surface area contributed by atoms with Gasteiger partial charge < -0.3 is 9.47 Å². The first-order valence-electron chi connectivity index (χ1n) is 5.76. The second-order valence-electron chi connectivity index (χ2n) is 3.74. The van der Waals surface area contributed by atoms with Gasteiger partial charge >= 0.3 is 5.97 Å². The third kappa shape index (κ3) is 2.59. The molecular formula is C13H16N2O3. The van der Waals surface area contributed by atoms with Crippen LogP contribution in [0.2, 0.25) is 0 Å². The van der Waals surface area contributed by atoms with Gasteiger partial charge in [0.1, 0.15) is 11.4 Å². The molecule has 0 bridgehead atoms. The Balaban J connectivity index is 3.24. The number of hydrogen-bond acceptors (Lipinski definition) is 5. The quantitative estimate of drug-likeness (QED) is 0.743. The maximum atomic E-state index is 11.9. The smallest absolute Gasteiger partial charge is 0.332 e. The molecule has 1 aromatic rings. The Morgan fingerprint density at radius 3 is 2.78 bits per heavy atom. The van der Waals surface area contributed by atoms with Crippen LogP contribution >= 0.6 is 0 Å². The number of nitrogens with zero attached hydrogens (tertiary/aromatic N) is 2. The average Bonchev–Trinajstić information content (AvgIpc) is 2.39.